The predicted molar refractivity (Wildman–Crippen MR) is 69.6 cm³/mol. The SMILES string of the molecule is CC(C)[C@@H](NC(=O)NCC1CCCS1(=O)=O)C(=O)O. The minimum Gasteiger partial charge on any atom is -0.480 e. The maximum Gasteiger partial charge on any atom is 0.326 e. The number of carboxylic acid groups (broad SMARTS) is 1. The van der Waals surface area contributed by atoms with Gasteiger partial charge in [0, 0.05) is 6.54 Å². The molecule has 8 heteroatoms. The molecule has 1 saturated heterocycles. The molecule has 0 saturated carbocycles. The lowest BCUT2D eigenvalue weighted by Crippen LogP contribution is -2.50. The molecule has 3 N–H and O–H groups in total. The van der Waals surface area contributed by atoms with Gasteiger partial charge in [-0.3, -0.25) is 0 Å². The normalized spacial score (nSPS) is 23.0. The van der Waals surface area contributed by atoms with Gasteiger partial charge in [0.25, 0.3) is 0 Å². The van der Waals surface area contributed by atoms with Crippen LogP contribution in [0.15, 0.2) is 0 Å². The summed E-state index contributed by atoms with van der Waals surface area (Å²) in [5.41, 5.74) is 0. The highest BCUT2D eigenvalue weighted by Gasteiger charge is 2.31. The molecule has 0 bridgehead atoms. The zero-order valence-electron chi connectivity index (χ0n) is 11.0. The molecule has 0 spiro atoms. The van der Waals surface area contributed by atoms with Gasteiger partial charge in [0.05, 0.1) is 11.0 Å². The molecular formula is C11H20N2O5S. The van der Waals surface area contributed by atoms with Crippen LogP contribution in [0.1, 0.15) is 26.7 Å². The van der Waals surface area contributed by atoms with Gasteiger partial charge in [0.15, 0.2) is 9.84 Å². The molecular weight excluding hydrogens is 272 g/mol. The van der Waals surface area contributed by atoms with E-state index in [0.717, 1.165) is 0 Å². The standard InChI is InChI=1S/C11H20N2O5S/c1-7(2)9(10(14)15)13-11(16)12-6-8-4-3-5-19(8,17)18/h7-9H,3-6H2,1-2H3,(H,14,15)(H2,12,13,16)/t8?,9-/m1/s1. The van der Waals surface area contributed by atoms with Crippen LogP contribution in [0.25, 0.3) is 0 Å². The molecule has 110 valence electrons. The van der Waals surface area contributed by atoms with E-state index in [4.69, 9.17) is 5.11 Å². The summed E-state index contributed by atoms with van der Waals surface area (Å²) < 4.78 is 23.1. The molecule has 1 unspecified atom stereocenters. The Labute approximate surface area is 112 Å². The first kappa shape index (κ1) is 15.7. The summed E-state index contributed by atoms with van der Waals surface area (Å²) in [4.78, 5) is 22.5. The van der Waals surface area contributed by atoms with E-state index in [1.54, 1.807) is 13.8 Å². The van der Waals surface area contributed by atoms with Crippen molar-refractivity contribution < 1.29 is 23.1 Å². The van der Waals surface area contributed by atoms with E-state index in [1.165, 1.54) is 0 Å². The second-order valence-corrected chi connectivity index (χ2v) is 7.45. The summed E-state index contributed by atoms with van der Waals surface area (Å²) in [6.45, 7) is 3.39. The van der Waals surface area contributed by atoms with Crippen LogP contribution in [0.4, 0.5) is 4.79 Å². The fraction of sp³-hybridized carbons (Fsp3) is 0.818. The van der Waals surface area contributed by atoms with E-state index < -0.39 is 33.1 Å². The van der Waals surface area contributed by atoms with Crippen molar-refractivity contribution in [2.75, 3.05) is 12.3 Å². The van der Waals surface area contributed by atoms with Crippen LogP contribution in [0.2, 0.25) is 0 Å². The lowest BCUT2D eigenvalue weighted by Gasteiger charge is -2.19. The molecule has 1 rings (SSSR count). The Kier molecular flexibility index (Phi) is 5.16. The van der Waals surface area contributed by atoms with Crippen molar-refractivity contribution >= 4 is 21.8 Å². The first-order valence-electron chi connectivity index (χ1n) is 6.22. The number of nitrogens with one attached hydrogen (secondary N) is 2. The van der Waals surface area contributed by atoms with Crippen molar-refractivity contribution in [3.63, 3.8) is 0 Å². The van der Waals surface area contributed by atoms with E-state index in [1.807, 2.05) is 0 Å². The number of carbonyl (C=O) groups excluding carboxylic acids is 1. The Morgan fingerprint density at radius 3 is 2.42 bits per heavy atom. The Hall–Kier alpha value is -1.31. The van der Waals surface area contributed by atoms with Crippen molar-refractivity contribution in [3.05, 3.63) is 0 Å². The molecule has 2 amide bonds. The molecule has 1 heterocycles. The summed E-state index contributed by atoms with van der Waals surface area (Å²) in [5, 5.41) is 13.1. The molecule has 0 aromatic carbocycles. The number of hydrogen-bond donors (Lipinski definition) is 3. The van der Waals surface area contributed by atoms with Gasteiger partial charge in [-0.1, -0.05) is 13.8 Å². The Bertz CT molecular complexity index is 446. The molecule has 19 heavy (non-hydrogen) atoms. The monoisotopic (exact) mass is 292 g/mol. The number of carbonyl (C=O) groups is 2. The largest absolute Gasteiger partial charge is 0.480 e. The summed E-state index contributed by atoms with van der Waals surface area (Å²) in [6.07, 6.45) is 1.15. The second-order valence-electron chi connectivity index (χ2n) is 5.05. The average Bonchev–Trinajstić information content (AvgIpc) is 2.61. The molecule has 1 aliphatic rings. The molecule has 0 radical (unpaired) electrons. The molecule has 0 aliphatic carbocycles. The fourth-order valence-electron chi connectivity index (χ4n) is 2.00. The van der Waals surface area contributed by atoms with Crippen LogP contribution in [0.3, 0.4) is 0 Å². The maximum atomic E-state index is 11.5. The first-order chi connectivity index (χ1) is 8.74. The molecule has 0 aromatic heterocycles. The van der Waals surface area contributed by atoms with Crippen molar-refractivity contribution in [1.29, 1.82) is 0 Å². The molecule has 0 aromatic rings. The number of sulfone groups is 1. The summed E-state index contributed by atoms with van der Waals surface area (Å²) in [6, 6.07) is -1.64. The van der Waals surface area contributed by atoms with Crippen molar-refractivity contribution in [2.45, 2.75) is 38.0 Å². The van der Waals surface area contributed by atoms with Crippen molar-refractivity contribution in [1.82, 2.24) is 10.6 Å². The summed E-state index contributed by atoms with van der Waals surface area (Å²) in [7, 11) is -3.10. The van der Waals surface area contributed by atoms with Crippen LogP contribution in [-0.4, -0.2) is 49.1 Å². The first-order valence-corrected chi connectivity index (χ1v) is 7.94. The number of urea groups is 1. The summed E-state index contributed by atoms with van der Waals surface area (Å²) in [5.74, 6) is -1.21. The number of amides is 2. The zero-order chi connectivity index (χ0) is 14.6. The minimum absolute atomic E-state index is 0.0264. The fourth-order valence-corrected chi connectivity index (χ4v) is 3.77. The van der Waals surface area contributed by atoms with E-state index in [9.17, 15) is 18.0 Å². The highest BCUT2D eigenvalue weighted by molar-refractivity contribution is 7.92. The lowest BCUT2D eigenvalue weighted by atomic mass is 10.1. The topological polar surface area (TPSA) is 113 Å². The number of carboxylic acids is 1. The smallest absolute Gasteiger partial charge is 0.326 e. The van der Waals surface area contributed by atoms with Gasteiger partial charge in [-0.25, -0.2) is 18.0 Å². The Morgan fingerprint density at radius 2 is 2.00 bits per heavy atom. The Morgan fingerprint density at radius 1 is 1.37 bits per heavy atom. The van der Waals surface area contributed by atoms with Gasteiger partial charge >= 0.3 is 12.0 Å². The summed E-state index contributed by atoms with van der Waals surface area (Å²) >= 11 is 0. The highest BCUT2D eigenvalue weighted by atomic mass is 32.2. The van der Waals surface area contributed by atoms with Crippen LogP contribution in [0, 0.1) is 5.92 Å². The van der Waals surface area contributed by atoms with Gasteiger partial charge < -0.3 is 15.7 Å². The third-order valence-electron chi connectivity index (χ3n) is 3.17. The van der Waals surface area contributed by atoms with Gasteiger partial charge in [-0.15, -0.1) is 0 Å². The molecule has 7 nitrogen and oxygen atoms in total. The third-order valence-corrected chi connectivity index (χ3v) is 5.45. The third kappa shape index (κ3) is 4.38. The maximum absolute atomic E-state index is 11.5. The number of hydrogen-bond acceptors (Lipinski definition) is 4. The van der Waals surface area contributed by atoms with Gasteiger partial charge in [0.1, 0.15) is 6.04 Å². The van der Waals surface area contributed by atoms with Crippen LogP contribution in [-0.2, 0) is 14.6 Å². The zero-order valence-corrected chi connectivity index (χ0v) is 11.9. The van der Waals surface area contributed by atoms with E-state index in [2.05, 4.69) is 10.6 Å². The van der Waals surface area contributed by atoms with Crippen LogP contribution in [0.5, 0.6) is 0 Å². The van der Waals surface area contributed by atoms with Gasteiger partial charge in [-0.05, 0) is 18.8 Å². The second kappa shape index (κ2) is 6.23. The average molecular weight is 292 g/mol. The van der Waals surface area contributed by atoms with Gasteiger partial charge in [0.2, 0.25) is 0 Å². The Balaban J connectivity index is 2.46. The van der Waals surface area contributed by atoms with Crippen molar-refractivity contribution in [2.24, 2.45) is 5.92 Å². The van der Waals surface area contributed by atoms with E-state index >= 15 is 0 Å². The number of rotatable bonds is 5. The number of aliphatic carboxylic acids is 1. The molecule has 2 atom stereocenters. The van der Waals surface area contributed by atoms with Crippen molar-refractivity contribution in [3.8, 4) is 0 Å². The predicted octanol–water partition coefficient (Wildman–Crippen LogP) is -0.0280. The highest BCUT2D eigenvalue weighted by Crippen LogP contribution is 2.18. The van der Waals surface area contributed by atoms with Gasteiger partial charge in [-0.2, -0.15) is 0 Å². The lowest BCUT2D eigenvalue weighted by molar-refractivity contribution is -0.140. The molecule has 1 aliphatic heterocycles. The molecule has 1 fully saturated rings. The van der Waals surface area contributed by atoms with Crippen LogP contribution >= 0.6 is 0 Å². The van der Waals surface area contributed by atoms with E-state index in [0.29, 0.717) is 12.8 Å². The quantitative estimate of drug-likeness (QED) is 0.659. The van der Waals surface area contributed by atoms with E-state index in [-0.39, 0.29) is 18.2 Å². The van der Waals surface area contributed by atoms with Crippen LogP contribution < -0.4 is 10.6 Å². The minimum atomic E-state index is -3.10.